The van der Waals surface area contributed by atoms with Gasteiger partial charge in [0.1, 0.15) is 12.7 Å². The number of benzene rings is 1. The van der Waals surface area contributed by atoms with Crippen molar-refractivity contribution in [1.29, 1.82) is 0 Å². The zero-order chi connectivity index (χ0) is 20.8. The molecule has 3 rings (SSSR count). The minimum absolute atomic E-state index is 0.143. The standard InChI is InChI=1S/C21H29N3O5/c1-4-15-19(20(25)27-6-3)16(23-21(26)22-15)12-24(5-2)11-14-13-28-17-9-7-8-10-18(17)29-14/h7-10,14-15H,4-6,11-13H2,1-3H3,(H2,22,23,26). The van der Waals surface area contributed by atoms with Crippen molar-refractivity contribution in [2.45, 2.75) is 39.3 Å². The molecule has 2 aliphatic heterocycles. The van der Waals surface area contributed by atoms with Gasteiger partial charge in [-0.1, -0.05) is 26.0 Å². The lowest BCUT2D eigenvalue weighted by atomic mass is 10.00. The fraction of sp³-hybridized carbons (Fsp3) is 0.524. The average molecular weight is 403 g/mol. The van der Waals surface area contributed by atoms with Crippen LogP contribution in [0.25, 0.3) is 0 Å². The van der Waals surface area contributed by atoms with Gasteiger partial charge in [-0.25, -0.2) is 9.59 Å². The first-order chi connectivity index (χ1) is 14.0. The zero-order valence-electron chi connectivity index (χ0n) is 17.2. The van der Waals surface area contributed by atoms with Crippen LogP contribution in [-0.4, -0.2) is 61.9 Å². The minimum Gasteiger partial charge on any atom is -0.486 e. The summed E-state index contributed by atoms with van der Waals surface area (Å²) in [6.45, 7) is 8.19. The summed E-state index contributed by atoms with van der Waals surface area (Å²) in [6, 6.07) is 6.93. The van der Waals surface area contributed by atoms with Crippen LogP contribution in [0.4, 0.5) is 4.79 Å². The number of esters is 1. The van der Waals surface area contributed by atoms with E-state index < -0.39 is 5.97 Å². The first-order valence-corrected chi connectivity index (χ1v) is 10.1. The molecule has 0 bridgehead atoms. The molecule has 2 N–H and O–H groups in total. The molecule has 2 heterocycles. The topological polar surface area (TPSA) is 89.1 Å². The smallest absolute Gasteiger partial charge is 0.337 e. The Bertz CT molecular complexity index is 779. The van der Waals surface area contributed by atoms with Crippen molar-refractivity contribution >= 4 is 12.0 Å². The third-order valence-corrected chi connectivity index (χ3v) is 5.01. The van der Waals surface area contributed by atoms with Gasteiger partial charge in [-0.2, -0.15) is 0 Å². The second kappa shape index (κ2) is 9.65. The summed E-state index contributed by atoms with van der Waals surface area (Å²) in [5.74, 6) is 1.08. The molecule has 158 valence electrons. The van der Waals surface area contributed by atoms with Crippen LogP contribution >= 0.6 is 0 Å². The van der Waals surface area contributed by atoms with E-state index in [0.29, 0.717) is 37.4 Å². The van der Waals surface area contributed by atoms with E-state index in [4.69, 9.17) is 14.2 Å². The summed E-state index contributed by atoms with van der Waals surface area (Å²) in [5, 5.41) is 5.60. The Morgan fingerprint density at radius 3 is 2.69 bits per heavy atom. The number of nitrogens with zero attached hydrogens (tertiary/aromatic N) is 1. The fourth-order valence-corrected chi connectivity index (χ4v) is 3.56. The third kappa shape index (κ3) is 5.00. The fourth-order valence-electron chi connectivity index (χ4n) is 3.56. The van der Waals surface area contributed by atoms with Crippen LogP contribution in [0.2, 0.25) is 0 Å². The van der Waals surface area contributed by atoms with E-state index in [-0.39, 0.29) is 24.8 Å². The summed E-state index contributed by atoms with van der Waals surface area (Å²) in [7, 11) is 0. The quantitative estimate of drug-likeness (QED) is 0.646. The summed E-state index contributed by atoms with van der Waals surface area (Å²) >= 11 is 0. The zero-order valence-corrected chi connectivity index (χ0v) is 17.2. The molecule has 0 fully saturated rings. The lowest BCUT2D eigenvalue weighted by Crippen LogP contribution is -2.52. The molecule has 8 nitrogen and oxygen atoms in total. The molecule has 29 heavy (non-hydrogen) atoms. The molecule has 0 saturated carbocycles. The van der Waals surface area contributed by atoms with Gasteiger partial charge in [0.15, 0.2) is 11.5 Å². The van der Waals surface area contributed by atoms with Crippen LogP contribution in [0, 0.1) is 0 Å². The average Bonchev–Trinajstić information content (AvgIpc) is 2.72. The number of rotatable bonds is 8. The lowest BCUT2D eigenvalue weighted by molar-refractivity contribution is -0.139. The Labute approximate surface area is 171 Å². The number of hydrogen-bond donors (Lipinski definition) is 2. The molecule has 2 amide bonds. The number of likely N-dealkylation sites (N-methyl/N-ethyl adjacent to an activating group) is 1. The molecule has 2 atom stereocenters. The highest BCUT2D eigenvalue weighted by atomic mass is 16.6. The number of para-hydroxylation sites is 2. The van der Waals surface area contributed by atoms with Crippen LogP contribution in [0.5, 0.6) is 11.5 Å². The Morgan fingerprint density at radius 1 is 1.24 bits per heavy atom. The van der Waals surface area contributed by atoms with E-state index in [9.17, 15) is 9.59 Å². The van der Waals surface area contributed by atoms with Crippen molar-refractivity contribution in [3.63, 3.8) is 0 Å². The molecule has 0 radical (unpaired) electrons. The number of fused-ring (bicyclic) bond motifs is 1. The summed E-state index contributed by atoms with van der Waals surface area (Å²) in [5.41, 5.74) is 1.07. The summed E-state index contributed by atoms with van der Waals surface area (Å²) in [6.07, 6.45) is 0.462. The SMILES string of the molecule is CCOC(=O)C1=C(CN(CC)CC2COc3ccccc3O2)NC(=O)NC1CC. The highest BCUT2D eigenvalue weighted by Gasteiger charge is 2.32. The van der Waals surface area contributed by atoms with Gasteiger partial charge in [0.05, 0.1) is 18.2 Å². The Kier molecular flexibility index (Phi) is 6.98. The molecule has 0 aromatic heterocycles. The summed E-state index contributed by atoms with van der Waals surface area (Å²) < 4.78 is 17.1. The van der Waals surface area contributed by atoms with Gasteiger partial charge in [0.25, 0.3) is 0 Å². The van der Waals surface area contributed by atoms with Crippen LogP contribution in [-0.2, 0) is 9.53 Å². The van der Waals surface area contributed by atoms with E-state index in [1.165, 1.54) is 0 Å². The maximum absolute atomic E-state index is 12.5. The van der Waals surface area contributed by atoms with Crippen molar-refractivity contribution < 1.29 is 23.8 Å². The second-order valence-electron chi connectivity index (χ2n) is 7.00. The first-order valence-electron chi connectivity index (χ1n) is 10.1. The van der Waals surface area contributed by atoms with Crippen molar-refractivity contribution in [2.24, 2.45) is 0 Å². The van der Waals surface area contributed by atoms with Gasteiger partial charge in [-0.15, -0.1) is 0 Å². The van der Waals surface area contributed by atoms with Crippen LogP contribution < -0.4 is 20.1 Å². The van der Waals surface area contributed by atoms with Crippen molar-refractivity contribution in [2.75, 3.05) is 32.8 Å². The van der Waals surface area contributed by atoms with Crippen LogP contribution in [0.15, 0.2) is 35.5 Å². The predicted octanol–water partition coefficient (Wildman–Crippen LogP) is 2.06. The monoisotopic (exact) mass is 403 g/mol. The first kappa shape index (κ1) is 21.0. The van der Waals surface area contributed by atoms with E-state index >= 15 is 0 Å². The minimum atomic E-state index is -0.399. The largest absolute Gasteiger partial charge is 0.486 e. The molecule has 1 aromatic carbocycles. The molecule has 2 unspecified atom stereocenters. The van der Waals surface area contributed by atoms with Gasteiger partial charge in [-0.3, -0.25) is 4.90 Å². The molecule has 2 aliphatic rings. The number of carbonyl (C=O) groups excluding carboxylic acids is 2. The van der Waals surface area contributed by atoms with Gasteiger partial charge in [0, 0.05) is 18.8 Å². The van der Waals surface area contributed by atoms with Crippen LogP contribution in [0.3, 0.4) is 0 Å². The van der Waals surface area contributed by atoms with Gasteiger partial charge in [-0.05, 0) is 32.0 Å². The lowest BCUT2D eigenvalue weighted by Gasteiger charge is -2.33. The van der Waals surface area contributed by atoms with Crippen molar-refractivity contribution in [1.82, 2.24) is 15.5 Å². The highest BCUT2D eigenvalue weighted by Crippen LogP contribution is 2.31. The Hall–Kier alpha value is -2.74. The molecular formula is C21H29N3O5. The third-order valence-electron chi connectivity index (χ3n) is 5.01. The number of amides is 2. The molecule has 0 saturated heterocycles. The van der Waals surface area contributed by atoms with Gasteiger partial charge < -0.3 is 24.8 Å². The molecule has 0 aliphatic carbocycles. The highest BCUT2D eigenvalue weighted by molar-refractivity contribution is 5.94. The number of ether oxygens (including phenoxy) is 3. The number of carbonyl (C=O) groups is 2. The Morgan fingerprint density at radius 2 is 2.00 bits per heavy atom. The van der Waals surface area contributed by atoms with Crippen LogP contribution in [0.1, 0.15) is 27.2 Å². The molecular weight excluding hydrogens is 374 g/mol. The van der Waals surface area contributed by atoms with E-state index in [1.807, 2.05) is 38.1 Å². The van der Waals surface area contributed by atoms with Crippen molar-refractivity contribution in [3.8, 4) is 11.5 Å². The summed E-state index contributed by atoms with van der Waals surface area (Å²) in [4.78, 5) is 26.8. The van der Waals surface area contributed by atoms with E-state index in [1.54, 1.807) is 6.92 Å². The van der Waals surface area contributed by atoms with E-state index in [2.05, 4.69) is 15.5 Å². The Balaban J connectivity index is 1.75. The number of nitrogens with one attached hydrogen (secondary N) is 2. The molecule has 1 aromatic rings. The van der Waals surface area contributed by atoms with E-state index in [0.717, 1.165) is 18.0 Å². The molecule has 8 heteroatoms. The number of urea groups is 1. The maximum atomic E-state index is 12.5. The predicted molar refractivity (Wildman–Crippen MR) is 108 cm³/mol. The maximum Gasteiger partial charge on any atom is 0.337 e. The van der Waals surface area contributed by atoms with Crippen molar-refractivity contribution in [3.05, 3.63) is 35.5 Å². The number of hydrogen-bond acceptors (Lipinski definition) is 6. The van der Waals surface area contributed by atoms with Gasteiger partial charge >= 0.3 is 12.0 Å². The second-order valence-corrected chi connectivity index (χ2v) is 7.00. The molecule has 0 spiro atoms. The van der Waals surface area contributed by atoms with Gasteiger partial charge in [0.2, 0.25) is 0 Å². The normalized spacial score (nSPS) is 20.9.